The zero-order valence-electron chi connectivity index (χ0n) is 33.4. The predicted molar refractivity (Wildman–Crippen MR) is 222 cm³/mol. The molecule has 0 radical (unpaired) electrons. The van der Waals surface area contributed by atoms with Crippen LogP contribution in [-0.2, 0) is 27.1 Å². The molecular weight excluding hydrogens is 812 g/mol. The maximum atomic E-state index is 13.6. The van der Waals surface area contributed by atoms with Crippen LogP contribution < -0.4 is 32.6 Å². The summed E-state index contributed by atoms with van der Waals surface area (Å²) in [5.74, 6) is -3.50. The Kier molecular flexibility index (Phi) is 12.8. The number of benzene rings is 3. The summed E-state index contributed by atoms with van der Waals surface area (Å²) in [5, 5.41) is 10.8. The number of piperazine rings is 1. The highest BCUT2D eigenvalue weighted by molar-refractivity contribution is 6.25. The van der Waals surface area contributed by atoms with Crippen molar-refractivity contribution in [2.24, 2.45) is 0 Å². The molecule has 62 heavy (non-hydrogen) atoms. The van der Waals surface area contributed by atoms with E-state index in [1.807, 2.05) is 24.3 Å². The van der Waals surface area contributed by atoms with Gasteiger partial charge in [-0.3, -0.25) is 53.6 Å². The second-order valence-corrected chi connectivity index (χ2v) is 15.3. The number of imide groups is 2. The standard InChI is InChI=1S/C43H44F3N9O7/c44-43(45,46)30-22-37(58)50-23-29(30)39(59)51-33-21-27(9-10-31(33)47)26-5-1-4-25(20-26)24-54-18-16-53(17-19-54)15-14-49-35(56)8-3-13-48-32-7-2-6-28-38(32)42(62)55(41(28)61)34-11-12-36(57)52-40(34)60/h1-2,4-7,9-10,20-23,34,48H,3,8,11-19,24,47H2,(H,49,56)(H,50,58)(H,51,59)(H,52,57,60). The van der Waals surface area contributed by atoms with Gasteiger partial charge in [0.1, 0.15) is 6.04 Å². The van der Waals surface area contributed by atoms with E-state index >= 15 is 0 Å². The Hall–Kier alpha value is -6.86. The number of nitrogens with one attached hydrogen (secondary N) is 5. The third kappa shape index (κ3) is 9.84. The van der Waals surface area contributed by atoms with E-state index in [-0.39, 0.29) is 47.7 Å². The number of nitrogen functional groups attached to an aromatic ring is 1. The summed E-state index contributed by atoms with van der Waals surface area (Å²) in [6.07, 6.45) is -3.38. The summed E-state index contributed by atoms with van der Waals surface area (Å²) in [6.45, 7) is 5.40. The van der Waals surface area contributed by atoms with Crippen LogP contribution in [0.2, 0.25) is 0 Å². The van der Waals surface area contributed by atoms with Crippen LogP contribution in [0.1, 0.15) is 67.9 Å². The molecule has 324 valence electrons. The van der Waals surface area contributed by atoms with Crippen LogP contribution in [0.25, 0.3) is 11.1 Å². The van der Waals surface area contributed by atoms with Crippen LogP contribution in [0.5, 0.6) is 0 Å². The largest absolute Gasteiger partial charge is 0.417 e. The molecule has 7 rings (SSSR count). The van der Waals surface area contributed by atoms with Gasteiger partial charge in [0, 0.05) is 83.2 Å². The number of halogens is 3. The third-order valence-electron chi connectivity index (χ3n) is 11.0. The van der Waals surface area contributed by atoms with E-state index in [1.54, 1.807) is 30.3 Å². The van der Waals surface area contributed by atoms with Crippen LogP contribution in [0.3, 0.4) is 0 Å². The highest BCUT2D eigenvalue weighted by Gasteiger charge is 2.45. The molecule has 19 heteroatoms. The van der Waals surface area contributed by atoms with E-state index in [4.69, 9.17) is 5.73 Å². The number of aromatic amines is 1. The van der Waals surface area contributed by atoms with Crippen molar-refractivity contribution in [3.8, 4) is 11.1 Å². The normalized spacial score (nSPS) is 17.1. The maximum absolute atomic E-state index is 13.6. The molecule has 0 aliphatic carbocycles. The van der Waals surface area contributed by atoms with Gasteiger partial charge in [0.15, 0.2) is 0 Å². The first kappa shape index (κ1) is 43.2. The number of H-pyrrole nitrogens is 1. The summed E-state index contributed by atoms with van der Waals surface area (Å²) in [6, 6.07) is 16.8. The van der Waals surface area contributed by atoms with Crippen molar-refractivity contribution in [3.05, 3.63) is 111 Å². The molecular formula is C43H44F3N9O7. The zero-order chi connectivity index (χ0) is 44.1. The molecule has 1 atom stereocenters. The fourth-order valence-electron chi connectivity index (χ4n) is 7.78. The second kappa shape index (κ2) is 18.4. The van der Waals surface area contributed by atoms with Gasteiger partial charge in [-0.05, 0) is 59.9 Å². The number of aromatic nitrogens is 1. The Labute approximate surface area is 353 Å². The van der Waals surface area contributed by atoms with E-state index in [1.165, 1.54) is 6.07 Å². The number of nitrogens with two attached hydrogens (primary N) is 1. The van der Waals surface area contributed by atoms with E-state index in [2.05, 4.69) is 36.1 Å². The molecule has 0 spiro atoms. The molecule has 3 aliphatic rings. The second-order valence-electron chi connectivity index (χ2n) is 15.3. The van der Waals surface area contributed by atoms with Gasteiger partial charge >= 0.3 is 6.18 Å². The minimum absolute atomic E-state index is 0.0315. The minimum atomic E-state index is -4.92. The van der Waals surface area contributed by atoms with Crippen molar-refractivity contribution in [2.45, 2.75) is 44.4 Å². The van der Waals surface area contributed by atoms with E-state index in [0.717, 1.165) is 48.4 Å². The molecule has 2 saturated heterocycles. The predicted octanol–water partition coefficient (Wildman–Crippen LogP) is 3.42. The van der Waals surface area contributed by atoms with Gasteiger partial charge in [0.25, 0.3) is 17.7 Å². The molecule has 1 aromatic heterocycles. The molecule has 2 fully saturated rings. The third-order valence-corrected chi connectivity index (χ3v) is 11.0. The molecule has 0 saturated carbocycles. The summed E-state index contributed by atoms with van der Waals surface area (Å²) in [7, 11) is 0. The SMILES string of the molecule is Nc1ccc(-c2cccc(CN3CCN(CCNC(=O)CCCNc4cccc5c4C(=O)N(C4CCC(=O)NC4=O)C5=O)CC3)c2)cc1NC(=O)c1c[nH]c(=O)cc1C(F)(F)F. The topological polar surface area (TPSA) is 219 Å². The average molecular weight is 856 g/mol. The Morgan fingerprint density at radius 2 is 1.58 bits per heavy atom. The van der Waals surface area contributed by atoms with E-state index in [0.29, 0.717) is 49.9 Å². The Morgan fingerprint density at radius 3 is 2.34 bits per heavy atom. The van der Waals surface area contributed by atoms with Crippen molar-refractivity contribution in [3.63, 3.8) is 0 Å². The molecule has 16 nitrogen and oxygen atoms in total. The summed E-state index contributed by atoms with van der Waals surface area (Å²) in [4.78, 5) is 95.1. The van der Waals surface area contributed by atoms with Gasteiger partial charge in [-0.1, -0.05) is 30.3 Å². The van der Waals surface area contributed by atoms with Crippen molar-refractivity contribution in [1.29, 1.82) is 0 Å². The molecule has 4 heterocycles. The van der Waals surface area contributed by atoms with E-state index in [9.17, 15) is 46.7 Å². The first-order chi connectivity index (χ1) is 29.7. The number of fused-ring (bicyclic) bond motifs is 1. The Morgan fingerprint density at radius 1 is 0.839 bits per heavy atom. The lowest BCUT2D eigenvalue weighted by atomic mass is 10.0. The molecule has 3 aliphatic heterocycles. The van der Waals surface area contributed by atoms with Crippen LogP contribution in [0, 0.1) is 0 Å². The lowest BCUT2D eigenvalue weighted by Crippen LogP contribution is -2.54. The number of rotatable bonds is 14. The zero-order valence-corrected chi connectivity index (χ0v) is 33.4. The van der Waals surface area contributed by atoms with Crippen LogP contribution >= 0.6 is 0 Å². The number of anilines is 3. The minimum Gasteiger partial charge on any atom is -0.397 e. The molecule has 7 N–H and O–H groups in total. The van der Waals surface area contributed by atoms with Gasteiger partial charge in [-0.25, -0.2) is 0 Å². The molecule has 4 aromatic rings. The van der Waals surface area contributed by atoms with Crippen molar-refractivity contribution in [2.75, 3.05) is 62.2 Å². The van der Waals surface area contributed by atoms with Crippen LogP contribution in [-0.4, -0.2) is 107 Å². The van der Waals surface area contributed by atoms with Gasteiger partial charge < -0.3 is 26.7 Å². The molecule has 6 amide bonds. The van der Waals surface area contributed by atoms with Crippen LogP contribution in [0.4, 0.5) is 30.2 Å². The van der Waals surface area contributed by atoms with Gasteiger partial charge in [0.05, 0.1) is 33.6 Å². The first-order valence-electron chi connectivity index (χ1n) is 20.1. The van der Waals surface area contributed by atoms with Gasteiger partial charge in [-0.15, -0.1) is 0 Å². The number of pyridine rings is 1. The average Bonchev–Trinajstić information content (AvgIpc) is 3.49. The number of amides is 6. The monoisotopic (exact) mass is 855 g/mol. The van der Waals surface area contributed by atoms with Crippen LogP contribution in [0.15, 0.2) is 77.7 Å². The lowest BCUT2D eigenvalue weighted by molar-refractivity contribution is -0.138. The highest BCUT2D eigenvalue weighted by atomic mass is 19.4. The number of carbonyl (C=O) groups is 6. The van der Waals surface area contributed by atoms with Gasteiger partial charge in [0.2, 0.25) is 23.3 Å². The number of alkyl halides is 3. The van der Waals surface area contributed by atoms with E-state index < -0.39 is 58.4 Å². The Bertz CT molecular complexity index is 2480. The molecule has 0 bridgehead atoms. The first-order valence-corrected chi connectivity index (χ1v) is 20.1. The van der Waals surface area contributed by atoms with Gasteiger partial charge in [-0.2, -0.15) is 13.2 Å². The fourth-order valence-corrected chi connectivity index (χ4v) is 7.78. The fraction of sp³-hybridized carbons (Fsp3) is 0.326. The molecule has 3 aromatic carbocycles. The maximum Gasteiger partial charge on any atom is 0.417 e. The number of hydrogen-bond donors (Lipinski definition) is 6. The highest BCUT2D eigenvalue weighted by Crippen LogP contribution is 2.34. The van der Waals surface area contributed by atoms with Crippen molar-refractivity contribution in [1.82, 2.24) is 30.3 Å². The summed E-state index contributed by atoms with van der Waals surface area (Å²) in [5.41, 5.74) is 6.58. The quantitative estimate of drug-likeness (QED) is 0.0614. The smallest absolute Gasteiger partial charge is 0.397 e. The summed E-state index contributed by atoms with van der Waals surface area (Å²) < 4.78 is 40.7. The number of nitrogens with zero attached hydrogens (tertiary/aromatic N) is 3. The number of piperidine rings is 1. The number of hydrogen-bond acceptors (Lipinski definition) is 11. The Balaban J connectivity index is 0.830. The molecule has 1 unspecified atom stereocenters. The lowest BCUT2D eigenvalue weighted by Gasteiger charge is -2.34. The van der Waals surface area contributed by atoms with Crippen molar-refractivity contribution >= 4 is 52.5 Å². The number of carbonyl (C=O) groups excluding carboxylic acids is 6. The van der Waals surface area contributed by atoms with Crippen molar-refractivity contribution < 1.29 is 41.9 Å². The summed E-state index contributed by atoms with van der Waals surface area (Å²) >= 11 is 0.